The number of guanidine groups is 2. The monoisotopic (exact) mass is 888 g/mol. The molecule has 1 heterocycles. The number of amides is 6. The Kier molecular flexibility index (Phi) is 21.2. The molecule has 25 nitrogen and oxygen atoms in total. The molecule has 2 rings (SSSR count). The van der Waals surface area contributed by atoms with Gasteiger partial charge in [-0.25, -0.2) is 0 Å². The van der Waals surface area contributed by atoms with E-state index in [1.165, 1.54) is 13.8 Å². The van der Waals surface area contributed by atoms with Crippen LogP contribution in [0.15, 0.2) is 40.4 Å². The van der Waals surface area contributed by atoms with E-state index in [-0.39, 0.29) is 50.7 Å². The lowest BCUT2D eigenvalue weighted by molar-refractivity contribution is -0.141. The van der Waals surface area contributed by atoms with E-state index < -0.39 is 109 Å². The zero-order valence-corrected chi connectivity index (χ0v) is 35.3. The predicted molar refractivity (Wildman–Crippen MR) is 229 cm³/mol. The maximum Gasteiger partial charge on any atom is 0.325 e. The van der Waals surface area contributed by atoms with Crippen LogP contribution in [0.5, 0.6) is 0 Å². The summed E-state index contributed by atoms with van der Waals surface area (Å²) in [7, 11) is 0. The number of hydrogen-bond acceptors (Lipinski definition) is 12. The summed E-state index contributed by atoms with van der Waals surface area (Å²) >= 11 is 0. The van der Waals surface area contributed by atoms with Crippen LogP contribution in [0.3, 0.4) is 0 Å². The van der Waals surface area contributed by atoms with Crippen molar-refractivity contribution in [1.82, 2.24) is 36.9 Å². The van der Waals surface area contributed by atoms with Crippen molar-refractivity contribution in [2.75, 3.05) is 13.1 Å². The van der Waals surface area contributed by atoms with Gasteiger partial charge in [0.15, 0.2) is 11.9 Å². The highest BCUT2D eigenvalue weighted by atomic mass is 16.4. The molecule has 348 valence electrons. The number of para-hydroxylation sites is 1. The normalized spacial score (nSPS) is 14.7. The summed E-state index contributed by atoms with van der Waals surface area (Å²) < 4.78 is 0. The van der Waals surface area contributed by atoms with Gasteiger partial charge in [0.1, 0.15) is 36.3 Å². The topological polar surface area (TPSA) is 440 Å². The molecule has 0 aliphatic carbocycles. The first kappa shape index (κ1) is 52.1. The summed E-state index contributed by atoms with van der Waals surface area (Å²) in [5.41, 5.74) is 28.8. The minimum Gasteiger partial charge on any atom is -0.481 e. The van der Waals surface area contributed by atoms with Crippen molar-refractivity contribution in [2.45, 2.75) is 114 Å². The van der Waals surface area contributed by atoms with Crippen LogP contribution in [0.4, 0.5) is 0 Å². The summed E-state index contributed by atoms with van der Waals surface area (Å²) in [5.74, 6) is -8.61. The molecule has 25 heteroatoms. The Labute approximate surface area is 362 Å². The Hall–Kier alpha value is -7.02. The average Bonchev–Trinajstić information content (AvgIpc) is 3.62. The number of nitrogens with zero attached hydrogens (tertiary/aromatic N) is 2. The number of aliphatic imine (C=N–C) groups is 2. The van der Waals surface area contributed by atoms with Crippen molar-refractivity contribution in [1.29, 1.82) is 0 Å². The van der Waals surface area contributed by atoms with Gasteiger partial charge in [0.25, 0.3) is 0 Å². The smallest absolute Gasteiger partial charge is 0.325 e. The number of aromatic amines is 1. The van der Waals surface area contributed by atoms with Crippen LogP contribution in [-0.4, -0.2) is 141 Å². The number of aliphatic hydroxyl groups excluding tert-OH is 1. The first-order valence-electron chi connectivity index (χ1n) is 20.0. The van der Waals surface area contributed by atoms with E-state index in [1.54, 1.807) is 30.5 Å². The van der Waals surface area contributed by atoms with E-state index in [0.717, 1.165) is 17.8 Å². The molecule has 2 aromatic rings. The Bertz CT molecular complexity index is 1980. The zero-order chi connectivity index (χ0) is 47.4. The molecule has 6 amide bonds. The Balaban J connectivity index is 2.25. The third-order valence-electron chi connectivity index (χ3n) is 9.44. The molecular formula is C38H60N14O11. The second-order valence-corrected chi connectivity index (χ2v) is 14.7. The maximum atomic E-state index is 13.7. The summed E-state index contributed by atoms with van der Waals surface area (Å²) in [6, 6.07) is -2.74. The number of carboxylic acids is 2. The zero-order valence-electron chi connectivity index (χ0n) is 35.3. The largest absolute Gasteiger partial charge is 0.481 e. The molecule has 0 saturated carbocycles. The van der Waals surface area contributed by atoms with Crippen LogP contribution >= 0.6 is 0 Å². The third kappa shape index (κ3) is 18.2. The molecule has 0 saturated heterocycles. The summed E-state index contributed by atoms with van der Waals surface area (Å²) in [6.45, 7) is 3.88. The fourth-order valence-electron chi connectivity index (χ4n) is 5.94. The molecule has 8 atom stereocenters. The van der Waals surface area contributed by atoms with E-state index in [4.69, 9.17) is 28.7 Å². The average molecular weight is 889 g/mol. The first-order chi connectivity index (χ1) is 29.6. The van der Waals surface area contributed by atoms with Crippen molar-refractivity contribution in [3.8, 4) is 0 Å². The summed E-state index contributed by atoms with van der Waals surface area (Å²) in [6.07, 6.45) is -0.659. The fourth-order valence-corrected chi connectivity index (χ4v) is 5.94. The van der Waals surface area contributed by atoms with Gasteiger partial charge in [-0.15, -0.1) is 0 Å². The predicted octanol–water partition coefficient (Wildman–Crippen LogP) is -4.58. The molecule has 20 N–H and O–H groups in total. The van der Waals surface area contributed by atoms with Gasteiger partial charge in [0.05, 0.1) is 12.1 Å². The number of aliphatic carboxylic acids is 2. The summed E-state index contributed by atoms with van der Waals surface area (Å²) in [4.78, 5) is 114. The molecule has 1 aromatic carbocycles. The molecule has 0 bridgehead atoms. The number of carbonyl (C=O) groups excluding carboxylic acids is 6. The van der Waals surface area contributed by atoms with Gasteiger partial charge < -0.3 is 80.9 Å². The van der Waals surface area contributed by atoms with E-state index >= 15 is 0 Å². The number of rotatable bonds is 27. The molecule has 0 unspecified atom stereocenters. The molecule has 0 aliphatic rings. The number of nitrogens with two attached hydrogens (primary N) is 5. The van der Waals surface area contributed by atoms with Crippen molar-refractivity contribution < 1.29 is 53.7 Å². The molecular weight excluding hydrogens is 829 g/mol. The lowest BCUT2D eigenvalue weighted by Crippen LogP contribution is -2.61. The fraction of sp³-hybridized carbons (Fsp3) is 0.526. The lowest BCUT2D eigenvalue weighted by atomic mass is 10.0. The van der Waals surface area contributed by atoms with Gasteiger partial charge in [-0.1, -0.05) is 18.2 Å². The minimum atomic E-state index is -1.77. The van der Waals surface area contributed by atoms with E-state index in [0.29, 0.717) is 12.0 Å². The first-order valence-corrected chi connectivity index (χ1v) is 20.0. The van der Waals surface area contributed by atoms with Gasteiger partial charge >= 0.3 is 11.9 Å². The van der Waals surface area contributed by atoms with Gasteiger partial charge in [-0.2, -0.15) is 0 Å². The summed E-state index contributed by atoms with van der Waals surface area (Å²) in [5, 5.41) is 44.5. The van der Waals surface area contributed by atoms with Crippen LogP contribution in [0.2, 0.25) is 0 Å². The number of aliphatic hydroxyl groups is 1. The van der Waals surface area contributed by atoms with Crippen molar-refractivity contribution >= 4 is 70.2 Å². The highest BCUT2D eigenvalue weighted by Gasteiger charge is 2.34. The number of hydrogen-bond donors (Lipinski definition) is 15. The molecule has 1 aromatic heterocycles. The Morgan fingerprint density at radius 3 is 1.76 bits per heavy atom. The number of aromatic nitrogens is 1. The second-order valence-electron chi connectivity index (χ2n) is 14.7. The van der Waals surface area contributed by atoms with Crippen molar-refractivity contribution in [3.63, 3.8) is 0 Å². The third-order valence-corrected chi connectivity index (χ3v) is 9.44. The van der Waals surface area contributed by atoms with Crippen molar-refractivity contribution in [3.05, 3.63) is 36.0 Å². The number of fused-ring (bicyclic) bond motifs is 1. The standard InChI is InChI=1S/C38H60N14O11/c1-18(30(56)51-27(34(60)48-19(2)36(62)63)16-21-17-46-24-10-5-4-8-22(21)24)47-35(61)29(20(3)53)52-33(59)26(12-13-28(54)55)50-32(58)25(11-7-15-45-38(42)43)49-31(57)23(39)9-6-14-44-37(40)41/h4-5,8,10,17-20,23,25-27,29,46,53H,6-7,9,11-16,39H2,1-3H3,(H,47,61)(H,48,60)(H,49,57)(H,50,58)(H,51,56)(H,52,59)(H,54,55)(H,62,63)(H4,40,41,44)(H4,42,43,45)/t18-,19-,20+,23-,25-,26-,27-,29-/m0/s1. The minimum absolute atomic E-state index is 0.0545. The number of carbonyl (C=O) groups is 8. The molecule has 0 fully saturated rings. The quantitative estimate of drug-likeness (QED) is 0.0228. The SMILES string of the molecule is C[C@H](NC(=O)[C@H](Cc1c[nH]c2ccccc12)NC(=O)[C@H](C)NC(=O)[C@@H](NC(=O)[C@H](CCC(=O)O)NC(=O)[C@H](CCCN=C(N)N)NC(=O)[C@@H](N)CCCN=C(N)N)[C@@H](C)O)C(=O)O. The van der Waals surface area contributed by atoms with Gasteiger partial charge in [0, 0.05) is 43.0 Å². The van der Waals surface area contributed by atoms with E-state index in [9.17, 15) is 53.7 Å². The number of H-pyrrole nitrogens is 1. The Morgan fingerprint density at radius 2 is 1.17 bits per heavy atom. The Morgan fingerprint density at radius 1 is 0.651 bits per heavy atom. The number of carboxylic acid groups (broad SMARTS) is 2. The van der Waals surface area contributed by atoms with E-state index in [2.05, 4.69) is 46.9 Å². The van der Waals surface area contributed by atoms with Crippen LogP contribution in [0, 0.1) is 0 Å². The number of benzene rings is 1. The lowest BCUT2D eigenvalue weighted by Gasteiger charge is -2.27. The van der Waals surface area contributed by atoms with Crippen LogP contribution in [0.25, 0.3) is 10.9 Å². The molecule has 0 radical (unpaired) electrons. The maximum absolute atomic E-state index is 13.7. The number of nitrogens with one attached hydrogen (secondary N) is 7. The van der Waals surface area contributed by atoms with Crippen LogP contribution in [-0.2, 0) is 44.8 Å². The molecule has 63 heavy (non-hydrogen) atoms. The second kappa shape index (κ2) is 25.7. The highest BCUT2D eigenvalue weighted by Crippen LogP contribution is 2.19. The van der Waals surface area contributed by atoms with Crippen molar-refractivity contribution in [2.24, 2.45) is 38.7 Å². The highest BCUT2D eigenvalue weighted by molar-refractivity contribution is 5.97. The van der Waals surface area contributed by atoms with Crippen LogP contribution in [0.1, 0.15) is 64.9 Å². The van der Waals surface area contributed by atoms with E-state index in [1.807, 2.05) is 0 Å². The van der Waals surface area contributed by atoms with Gasteiger partial charge in [-0.3, -0.25) is 48.3 Å². The molecule has 0 spiro atoms. The molecule has 0 aliphatic heterocycles. The van der Waals surface area contributed by atoms with Crippen LogP contribution < -0.4 is 60.6 Å². The van der Waals surface area contributed by atoms with Gasteiger partial charge in [0.2, 0.25) is 35.4 Å². The van der Waals surface area contributed by atoms with Gasteiger partial charge in [-0.05, 0) is 64.5 Å².